The Bertz CT molecular complexity index is 435. The summed E-state index contributed by atoms with van der Waals surface area (Å²) < 4.78 is 10.9. The standard InChI is InChI=1S/C18H31N3O3/c1-4-5-6-7-8-9-16(12-20-15(2)22)10-11-23-13-17-14-24-18(19-3)21-17/h12,16-17H,3-11,13-14H2,1-2H3/t16?,17-/m1/s1. The van der Waals surface area contributed by atoms with Gasteiger partial charge in [0.25, 0.3) is 0 Å². The van der Waals surface area contributed by atoms with Crippen LogP contribution in [0, 0.1) is 5.92 Å². The van der Waals surface area contributed by atoms with Crippen molar-refractivity contribution < 1.29 is 14.3 Å². The average molecular weight is 337 g/mol. The van der Waals surface area contributed by atoms with Crippen molar-refractivity contribution in [2.45, 2.75) is 64.8 Å². The van der Waals surface area contributed by atoms with E-state index in [9.17, 15) is 4.79 Å². The Morgan fingerprint density at radius 1 is 1.42 bits per heavy atom. The number of aliphatic imine (C=N–C) groups is 3. The molecule has 0 spiro atoms. The number of ether oxygens (including phenoxy) is 2. The van der Waals surface area contributed by atoms with Crippen LogP contribution in [-0.4, -0.2) is 50.7 Å². The van der Waals surface area contributed by atoms with Gasteiger partial charge in [-0.05, 0) is 25.5 Å². The molecule has 1 amide bonds. The lowest BCUT2D eigenvalue weighted by molar-refractivity contribution is -0.115. The minimum absolute atomic E-state index is 0.00359. The number of rotatable bonds is 12. The van der Waals surface area contributed by atoms with Gasteiger partial charge in [-0.1, -0.05) is 39.0 Å². The van der Waals surface area contributed by atoms with Gasteiger partial charge in [0.15, 0.2) is 0 Å². The molecule has 0 aliphatic carbocycles. The molecule has 136 valence electrons. The molecule has 0 bridgehead atoms. The smallest absolute Gasteiger partial charge is 0.311 e. The molecule has 0 fully saturated rings. The highest BCUT2D eigenvalue weighted by atomic mass is 16.5. The van der Waals surface area contributed by atoms with Crippen LogP contribution in [-0.2, 0) is 14.3 Å². The lowest BCUT2D eigenvalue weighted by Gasteiger charge is -2.13. The summed E-state index contributed by atoms with van der Waals surface area (Å²) in [7, 11) is 0. The molecule has 0 aromatic carbocycles. The molecule has 24 heavy (non-hydrogen) atoms. The van der Waals surface area contributed by atoms with Crippen LogP contribution in [0.1, 0.15) is 58.8 Å². The monoisotopic (exact) mass is 337 g/mol. The van der Waals surface area contributed by atoms with E-state index < -0.39 is 0 Å². The molecule has 0 radical (unpaired) electrons. The van der Waals surface area contributed by atoms with E-state index in [1.165, 1.54) is 39.0 Å². The van der Waals surface area contributed by atoms with Gasteiger partial charge in [0.2, 0.25) is 5.91 Å². The Balaban J connectivity index is 2.24. The van der Waals surface area contributed by atoms with E-state index >= 15 is 0 Å². The predicted octanol–water partition coefficient (Wildman–Crippen LogP) is 3.44. The SMILES string of the molecule is C=NC1=N[C@H](COCCC(C=NC(C)=O)CCCCCCC)CO1. The minimum atomic E-state index is -0.145. The normalized spacial score (nSPS) is 18.4. The van der Waals surface area contributed by atoms with Gasteiger partial charge in [0.05, 0.1) is 6.61 Å². The van der Waals surface area contributed by atoms with Gasteiger partial charge < -0.3 is 9.47 Å². The average Bonchev–Trinajstić information content (AvgIpc) is 3.03. The summed E-state index contributed by atoms with van der Waals surface area (Å²) in [5.74, 6) is 0.151. The van der Waals surface area contributed by atoms with Gasteiger partial charge >= 0.3 is 6.02 Å². The van der Waals surface area contributed by atoms with E-state index in [-0.39, 0.29) is 11.9 Å². The van der Waals surface area contributed by atoms with Crippen molar-refractivity contribution in [2.24, 2.45) is 20.9 Å². The van der Waals surface area contributed by atoms with E-state index in [1.807, 2.05) is 0 Å². The van der Waals surface area contributed by atoms with Crippen molar-refractivity contribution in [2.75, 3.05) is 19.8 Å². The molecule has 1 aliphatic rings. The molecule has 0 saturated heterocycles. The first-order chi connectivity index (χ1) is 11.7. The van der Waals surface area contributed by atoms with Crippen LogP contribution in [0.4, 0.5) is 0 Å². The van der Waals surface area contributed by atoms with E-state index in [2.05, 4.69) is 28.6 Å². The molecule has 0 N–H and O–H groups in total. The summed E-state index contributed by atoms with van der Waals surface area (Å²) in [5.41, 5.74) is 0. The summed E-state index contributed by atoms with van der Waals surface area (Å²) in [5, 5.41) is 0. The Morgan fingerprint density at radius 2 is 2.21 bits per heavy atom. The maximum Gasteiger partial charge on any atom is 0.311 e. The van der Waals surface area contributed by atoms with Gasteiger partial charge in [-0.15, -0.1) is 0 Å². The molecular weight excluding hydrogens is 306 g/mol. The van der Waals surface area contributed by atoms with Crippen molar-refractivity contribution >= 4 is 24.9 Å². The Kier molecular flexibility index (Phi) is 10.9. The largest absolute Gasteiger partial charge is 0.461 e. The number of unbranched alkanes of at least 4 members (excludes halogenated alkanes) is 4. The second-order valence-corrected chi connectivity index (χ2v) is 6.16. The third-order valence-electron chi connectivity index (χ3n) is 3.92. The van der Waals surface area contributed by atoms with E-state index in [0.29, 0.717) is 31.8 Å². The highest BCUT2D eigenvalue weighted by molar-refractivity contribution is 5.83. The topological polar surface area (TPSA) is 72.6 Å². The van der Waals surface area contributed by atoms with Crippen molar-refractivity contribution in [1.29, 1.82) is 0 Å². The molecular formula is C18H31N3O3. The molecule has 2 atom stereocenters. The van der Waals surface area contributed by atoms with Crippen LogP contribution < -0.4 is 0 Å². The number of carbonyl (C=O) groups excluding carboxylic acids is 1. The zero-order valence-corrected chi connectivity index (χ0v) is 15.1. The van der Waals surface area contributed by atoms with Crippen LogP contribution in [0.5, 0.6) is 0 Å². The molecule has 1 rings (SSSR count). The van der Waals surface area contributed by atoms with Gasteiger partial charge in [-0.25, -0.2) is 15.0 Å². The number of hydrogen-bond acceptors (Lipinski definition) is 5. The lowest BCUT2D eigenvalue weighted by Crippen LogP contribution is -2.17. The molecule has 0 saturated carbocycles. The van der Waals surface area contributed by atoms with Gasteiger partial charge in [-0.3, -0.25) is 4.79 Å². The highest BCUT2D eigenvalue weighted by Gasteiger charge is 2.18. The van der Waals surface area contributed by atoms with E-state index in [4.69, 9.17) is 9.47 Å². The first kappa shape index (κ1) is 20.5. The van der Waals surface area contributed by atoms with Crippen molar-refractivity contribution in [3.63, 3.8) is 0 Å². The molecule has 1 aliphatic heterocycles. The van der Waals surface area contributed by atoms with Crippen LogP contribution in [0.2, 0.25) is 0 Å². The zero-order valence-electron chi connectivity index (χ0n) is 15.1. The fourth-order valence-electron chi connectivity index (χ4n) is 2.54. The quantitative estimate of drug-likeness (QED) is 0.404. The summed E-state index contributed by atoms with van der Waals surface area (Å²) >= 11 is 0. The van der Waals surface area contributed by atoms with Crippen LogP contribution in [0.3, 0.4) is 0 Å². The van der Waals surface area contributed by atoms with Gasteiger partial charge in [0.1, 0.15) is 12.6 Å². The fraction of sp³-hybridized carbons (Fsp3) is 0.778. The predicted molar refractivity (Wildman–Crippen MR) is 98.2 cm³/mol. The van der Waals surface area contributed by atoms with Crippen molar-refractivity contribution in [3.05, 3.63) is 0 Å². The number of carbonyl (C=O) groups is 1. The zero-order chi connectivity index (χ0) is 17.6. The summed E-state index contributed by atoms with van der Waals surface area (Å²) in [6, 6.07) is 0.353. The van der Waals surface area contributed by atoms with Crippen LogP contribution in [0.15, 0.2) is 15.0 Å². The second-order valence-electron chi connectivity index (χ2n) is 6.16. The van der Waals surface area contributed by atoms with Crippen molar-refractivity contribution in [1.82, 2.24) is 0 Å². The fourth-order valence-corrected chi connectivity index (χ4v) is 2.54. The molecule has 6 nitrogen and oxygen atoms in total. The lowest BCUT2D eigenvalue weighted by atomic mass is 9.98. The Morgan fingerprint density at radius 3 is 2.88 bits per heavy atom. The van der Waals surface area contributed by atoms with Crippen LogP contribution in [0.25, 0.3) is 0 Å². The third kappa shape index (κ3) is 9.55. The maximum atomic E-state index is 11.1. The first-order valence-corrected chi connectivity index (χ1v) is 8.95. The van der Waals surface area contributed by atoms with E-state index in [0.717, 1.165) is 12.8 Å². The molecule has 1 unspecified atom stereocenters. The molecule has 0 aromatic rings. The number of amidine groups is 1. The van der Waals surface area contributed by atoms with Gasteiger partial charge in [-0.2, -0.15) is 0 Å². The summed E-state index contributed by atoms with van der Waals surface area (Å²) in [4.78, 5) is 22.9. The maximum absolute atomic E-state index is 11.1. The summed E-state index contributed by atoms with van der Waals surface area (Å²) in [6.45, 7) is 8.74. The molecule has 1 heterocycles. The first-order valence-electron chi connectivity index (χ1n) is 8.95. The van der Waals surface area contributed by atoms with Gasteiger partial charge in [0, 0.05) is 19.7 Å². The molecule has 0 aromatic heterocycles. The number of amides is 1. The Hall–Kier alpha value is -1.56. The summed E-state index contributed by atoms with van der Waals surface area (Å²) in [6.07, 6.45) is 9.95. The second kappa shape index (κ2) is 12.8. The minimum Gasteiger partial charge on any atom is -0.461 e. The Labute approximate surface area is 145 Å². The molecule has 6 heteroatoms. The highest BCUT2D eigenvalue weighted by Crippen LogP contribution is 2.14. The van der Waals surface area contributed by atoms with Crippen LogP contribution >= 0.6 is 0 Å². The number of nitrogens with zero attached hydrogens (tertiary/aromatic N) is 3. The third-order valence-corrected chi connectivity index (χ3v) is 3.92. The van der Waals surface area contributed by atoms with Crippen molar-refractivity contribution in [3.8, 4) is 0 Å². The number of hydrogen-bond donors (Lipinski definition) is 0. The van der Waals surface area contributed by atoms with E-state index in [1.54, 1.807) is 6.21 Å².